The van der Waals surface area contributed by atoms with Gasteiger partial charge in [-0.05, 0) is 25.5 Å². The monoisotopic (exact) mass is 250 g/mol. The van der Waals surface area contributed by atoms with Crippen LogP contribution < -0.4 is 5.73 Å². The molecule has 1 atom stereocenters. The van der Waals surface area contributed by atoms with Crippen LogP contribution in [0.1, 0.15) is 30.1 Å². The van der Waals surface area contributed by atoms with E-state index in [1.54, 1.807) is 18.2 Å². The molecule has 4 N–H and O–H groups in total. The number of carboxylic acids is 1. The SMILES string of the molecule is Cc1cc2c(F)c(C(N)CCC(=O)O)ccc2[nH]1. The predicted octanol–water partition coefficient (Wildman–Crippen LogP) is 2.48. The first kappa shape index (κ1) is 12.6. The van der Waals surface area contributed by atoms with E-state index in [1.807, 2.05) is 6.92 Å². The first-order valence-electron chi connectivity index (χ1n) is 5.74. The van der Waals surface area contributed by atoms with E-state index in [2.05, 4.69) is 4.98 Å². The van der Waals surface area contributed by atoms with E-state index in [9.17, 15) is 9.18 Å². The molecule has 1 aromatic carbocycles. The van der Waals surface area contributed by atoms with Gasteiger partial charge in [0.15, 0.2) is 0 Å². The lowest BCUT2D eigenvalue weighted by Gasteiger charge is -2.12. The molecule has 0 aliphatic heterocycles. The maximum Gasteiger partial charge on any atom is 0.303 e. The van der Waals surface area contributed by atoms with Crippen LogP contribution in [0.4, 0.5) is 4.39 Å². The largest absolute Gasteiger partial charge is 0.481 e. The molecule has 1 heterocycles. The number of hydrogen-bond donors (Lipinski definition) is 3. The third kappa shape index (κ3) is 2.36. The van der Waals surface area contributed by atoms with Crippen LogP contribution in [0.2, 0.25) is 0 Å². The fourth-order valence-corrected chi connectivity index (χ4v) is 2.05. The van der Waals surface area contributed by atoms with Gasteiger partial charge in [0.2, 0.25) is 0 Å². The number of nitrogens with two attached hydrogens (primary N) is 1. The lowest BCUT2D eigenvalue weighted by molar-refractivity contribution is -0.137. The Labute approximate surface area is 104 Å². The van der Waals surface area contributed by atoms with E-state index in [4.69, 9.17) is 10.8 Å². The first-order valence-corrected chi connectivity index (χ1v) is 5.74. The summed E-state index contributed by atoms with van der Waals surface area (Å²) >= 11 is 0. The Bertz CT molecular complexity index is 592. The Morgan fingerprint density at radius 3 is 2.94 bits per heavy atom. The van der Waals surface area contributed by atoms with E-state index in [0.717, 1.165) is 11.2 Å². The summed E-state index contributed by atoms with van der Waals surface area (Å²) in [5.41, 5.74) is 7.79. The van der Waals surface area contributed by atoms with Gasteiger partial charge in [0.25, 0.3) is 0 Å². The third-order valence-corrected chi connectivity index (χ3v) is 2.97. The van der Waals surface area contributed by atoms with Gasteiger partial charge in [0, 0.05) is 34.6 Å². The minimum Gasteiger partial charge on any atom is -0.481 e. The molecule has 0 aliphatic carbocycles. The summed E-state index contributed by atoms with van der Waals surface area (Å²) in [5.74, 6) is -1.29. The Morgan fingerprint density at radius 2 is 2.28 bits per heavy atom. The van der Waals surface area contributed by atoms with E-state index in [0.29, 0.717) is 10.9 Å². The number of hydrogen-bond acceptors (Lipinski definition) is 2. The molecule has 0 amide bonds. The molecule has 1 aromatic heterocycles. The van der Waals surface area contributed by atoms with Crippen LogP contribution >= 0.6 is 0 Å². The fourth-order valence-electron chi connectivity index (χ4n) is 2.05. The highest BCUT2D eigenvalue weighted by Gasteiger charge is 2.16. The average molecular weight is 250 g/mol. The summed E-state index contributed by atoms with van der Waals surface area (Å²) in [6.45, 7) is 1.85. The number of carboxylic acid groups (broad SMARTS) is 1. The van der Waals surface area contributed by atoms with Gasteiger partial charge >= 0.3 is 5.97 Å². The van der Waals surface area contributed by atoms with Gasteiger partial charge in [-0.1, -0.05) is 6.07 Å². The van der Waals surface area contributed by atoms with Crippen molar-refractivity contribution >= 4 is 16.9 Å². The van der Waals surface area contributed by atoms with Gasteiger partial charge in [-0.2, -0.15) is 0 Å². The summed E-state index contributed by atoms with van der Waals surface area (Å²) in [5, 5.41) is 9.10. The average Bonchev–Trinajstić information content (AvgIpc) is 2.68. The highest BCUT2D eigenvalue weighted by atomic mass is 19.1. The lowest BCUT2D eigenvalue weighted by atomic mass is 10.0. The van der Waals surface area contributed by atoms with Crippen molar-refractivity contribution in [1.82, 2.24) is 4.98 Å². The number of aryl methyl sites for hydroxylation is 1. The molecule has 96 valence electrons. The van der Waals surface area contributed by atoms with Crippen LogP contribution in [0, 0.1) is 12.7 Å². The van der Waals surface area contributed by atoms with E-state index >= 15 is 0 Å². The van der Waals surface area contributed by atoms with Crippen molar-refractivity contribution in [2.45, 2.75) is 25.8 Å². The summed E-state index contributed by atoms with van der Waals surface area (Å²) < 4.78 is 14.2. The Balaban J connectivity index is 2.33. The summed E-state index contributed by atoms with van der Waals surface area (Å²) in [6.07, 6.45) is 0.159. The molecule has 1 unspecified atom stereocenters. The number of halogens is 1. The maximum absolute atomic E-state index is 14.2. The van der Waals surface area contributed by atoms with Crippen LogP contribution in [0.5, 0.6) is 0 Å². The summed E-state index contributed by atoms with van der Waals surface area (Å²) in [4.78, 5) is 13.5. The molecule has 4 nitrogen and oxygen atoms in total. The molecule has 5 heteroatoms. The van der Waals surface area contributed by atoms with Crippen molar-refractivity contribution < 1.29 is 14.3 Å². The minimum atomic E-state index is -0.926. The normalized spacial score (nSPS) is 12.8. The highest BCUT2D eigenvalue weighted by molar-refractivity contribution is 5.82. The van der Waals surface area contributed by atoms with Crippen LogP contribution in [-0.4, -0.2) is 16.1 Å². The van der Waals surface area contributed by atoms with Crippen molar-refractivity contribution in [2.24, 2.45) is 5.73 Å². The zero-order valence-corrected chi connectivity index (χ0v) is 10.0. The highest BCUT2D eigenvalue weighted by Crippen LogP contribution is 2.26. The molecule has 2 rings (SSSR count). The van der Waals surface area contributed by atoms with Crippen LogP contribution in [0.25, 0.3) is 10.9 Å². The molecule has 2 aromatic rings. The van der Waals surface area contributed by atoms with Crippen LogP contribution in [-0.2, 0) is 4.79 Å². The molecule has 0 spiro atoms. The van der Waals surface area contributed by atoms with Crippen molar-refractivity contribution in [3.05, 3.63) is 35.3 Å². The lowest BCUT2D eigenvalue weighted by Crippen LogP contribution is -2.14. The van der Waals surface area contributed by atoms with Gasteiger partial charge in [0.05, 0.1) is 0 Å². The second-order valence-electron chi connectivity index (χ2n) is 4.42. The van der Waals surface area contributed by atoms with E-state index < -0.39 is 12.0 Å². The Hall–Kier alpha value is -1.88. The summed E-state index contributed by atoms with van der Waals surface area (Å²) in [6, 6.07) is 4.50. The zero-order chi connectivity index (χ0) is 13.3. The number of aromatic amines is 1. The molecule has 0 saturated carbocycles. The molecule has 0 aliphatic rings. The molecule has 0 radical (unpaired) electrons. The molecular weight excluding hydrogens is 235 g/mol. The smallest absolute Gasteiger partial charge is 0.303 e. The number of fused-ring (bicyclic) bond motifs is 1. The number of rotatable bonds is 4. The van der Waals surface area contributed by atoms with Crippen LogP contribution in [0.15, 0.2) is 18.2 Å². The number of aliphatic carboxylic acids is 1. The van der Waals surface area contributed by atoms with Crippen molar-refractivity contribution in [1.29, 1.82) is 0 Å². The fraction of sp³-hybridized carbons (Fsp3) is 0.308. The Morgan fingerprint density at radius 1 is 1.56 bits per heavy atom. The quantitative estimate of drug-likeness (QED) is 0.780. The van der Waals surface area contributed by atoms with Crippen molar-refractivity contribution in [3.63, 3.8) is 0 Å². The summed E-state index contributed by atoms with van der Waals surface area (Å²) in [7, 11) is 0. The van der Waals surface area contributed by atoms with Crippen molar-refractivity contribution in [2.75, 3.05) is 0 Å². The number of nitrogens with one attached hydrogen (secondary N) is 1. The van der Waals surface area contributed by atoms with Gasteiger partial charge in [0.1, 0.15) is 5.82 Å². The maximum atomic E-state index is 14.2. The second kappa shape index (κ2) is 4.78. The standard InChI is InChI=1S/C13H15FN2O2/c1-7-6-9-11(16-7)4-2-8(13(9)14)10(15)3-5-12(17)18/h2,4,6,10,16H,3,5,15H2,1H3,(H,17,18). The van der Waals surface area contributed by atoms with Crippen molar-refractivity contribution in [3.8, 4) is 0 Å². The molecule has 0 fully saturated rings. The number of H-pyrrole nitrogens is 1. The molecule has 0 bridgehead atoms. The zero-order valence-electron chi connectivity index (χ0n) is 10.0. The molecule has 18 heavy (non-hydrogen) atoms. The first-order chi connectivity index (χ1) is 8.49. The minimum absolute atomic E-state index is 0.0647. The number of carbonyl (C=O) groups is 1. The topological polar surface area (TPSA) is 79.1 Å². The van der Waals surface area contributed by atoms with Gasteiger partial charge in [-0.15, -0.1) is 0 Å². The Kier molecular flexibility index (Phi) is 3.34. The predicted molar refractivity (Wildman–Crippen MR) is 66.8 cm³/mol. The van der Waals surface area contributed by atoms with Crippen LogP contribution in [0.3, 0.4) is 0 Å². The van der Waals surface area contributed by atoms with Gasteiger partial charge < -0.3 is 15.8 Å². The van der Waals surface area contributed by atoms with Gasteiger partial charge in [-0.3, -0.25) is 4.79 Å². The third-order valence-electron chi connectivity index (χ3n) is 2.97. The number of benzene rings is 1. The second-order valence-corrected chi connectivity index (χ2v) is 4.42. The van der Waals surface area contributed by atoms with Gasteiger partial charge in [-0.25, -0.2) is 4.39 Å². The number of aromatic nitrogens is 1. The molecule has 0 saturated heterocycles. The molecular formula is C13H15FN2O2. The van der Waals surface area contributed by atoms with E-state index in [-0.39, 0.29) is 18.7 Å². The van der Waals surface area contributed by atoms with E-state index in [1.165, 1.54) is 0 Å².